The van der Waals surface area contributed by atoms with Crippen molar-refractivity contribution in [1.82, 2.24) is 16.3 Å². The highest BCUT2D eigenvalue weighted by atomic mass is 16.7. The Morgan fingerprint density at radius 2 is 1.17 bits per heavy atom. The molecular formula is C21H41N3O5. The molecule has 0 aliphatic heterocycles. The van der Waals surface area contributed by atoms with Gasteiger partial charge in [0.15, 0.2) is 12.2 Å². The number of rotatable bonds is 12. The summed E-state index contributed by atoms with van der Waals surface area (Å²) >= 11 is 0. The van der Waals surface area contributed by atoms with Crippen LogP contribution in [0.25, 0.3) is 0 Å². The smallest absolute Gasteiger partial charge is 0.275 e. The van der Waals surface area contributed by atoms with Gasteiger partial charge in [0.2, 0.25) is 5.91 Å². The molecule has 0 radical (unpaired) electrons. The largest absolute Gasteiger partial charge is 0.354 e. The summed E-state index contributed by atoms with van der Waals surface area (Å²) in [5, 5.41) is 2.83. The summed E-state index contributed by atoms with van der Waals surface area (Å²) in [6.45, 7) is 17.6. The summed E-state index contributed by atoms with van der Waals surface area (Å²) in [6, 6.07) is 0. The van der Waals surface area contributed by atoms with Crippen LogP contribution in [-0.4, -0.2) is 36.5 Å². The van der Waals surface area contributed by atoms with Crippen molar-refractivity contribution in [3.8, 4) is 0 Å². The molecule has 0 aromatic carbocycles. The number of hydrogen-bond acceptors (Lipinski definition) is 5. The van der Waals surface area contributed by atoms with Crippen LogP contribution in [0.15, 0.2) is 0 Å². The third-order valence-corrected chi connectivity index (χ3v) is 3.92. The lowest BCUT2D eigenvalue weighted by atomic mass is 9.96. The summed E-state index contributed by atoms with van der Waals surface area (Å²) in [5.41, 5.74) is 4.05. The molecule has 0 aliphatic rings. The summed E-state index contributed by atoms with van der Waals surface area (Å²) in [6.07, 6.45) is -0.893. The van der Waals surface area contributed by atoms with E-state index >= 15 is 0 Å². The molecule has 0 saturated carbocycles. The second-order valence-corrected chi connectivity index (χ2v) is 9.76. The first-order valence-corrected chi connectivity index (χ1v) is 10.4. The van der Waals surface area contributed by atoms with Crippen LogP contribution >= 0.6 is 0 Å². The molecule has 0 heterocycles. The quantitative estimate of drug-likeness (QED) is 0.425. The van der Waals surface area contributed by atoms with Crippen LogP contribution in [0.4, 0.5) is 0 Å². The number of hydroxylamine groups is 2. The van der Waals surface area contributed by atoms with Crippen molar-refractivity contribution >= 4 is 17.7 Å². The minimum atomic E-state index is -0.931. The fraction of sp³-hybridized carbons (Fsp3) is 0.857. The fourth-order valence-electron chi connectivity index (χ4n) is 2.16. The molecule has 0 aliphatic carbocycles. The lowest BCUT2D eigenvalue weighted by Gasteiger charge is -2.24. The third-order valence-electron chi connectivity index (χ3n) is 3.92. The van der Waals surface area contributed by atoms with Gasteiger partial charge in [0.1, 0.15) is 0 Å². The Labute approximate surface area is 175 Å². The SMILES string of the molecule is CC(C)CNC(=O)[C@@H](CC(C)C)ONC(=O)[C@@H](CC(C)C)ONC(=O)C(C)(C)C. The van der Waals surface area contributed by atoms with Gasteiger partial charge in [0.25, 0.3) is 11.8 Å². The zero-order valence-electron chi connectivity index (χ0n) is 19.5. The number of nitrogens with one attached hydrogen (secondary N) is 3. The van der Waals surface area contributed by atoms with Gasteiger partial charge in [-0.05, 0) is 30.6 Å². The first-order valence-electron chi connectivity index (χ1n) is 10.4. The van der Waals surface area contributed by atoms with E-state index in [0.29, 0.717) is 25.3 Å². The highest BCUT2D eigenvalue weighted by Gasteiger charge is 2.28. The summed E-state index contributed by atoms with van der Waals surface area (Å²) in [7, 11) is 0. The highest BCUT2D eigenvalue weighted by molar-refractivity contribution is 5.83. The molecule has 170 valence electrons. The van der Waals surface area contributed by atoms with Crippen molar-refractivity contribution in [1.29, 1.82) is 0 Å². The first kappa shape index (κ1) is 27.3. The number of carbonyl (C=O) groups is 3. The van der Waals surface area contributed by atoms with Gasteiger partial charge >= 0.3 is 0 Å². The lowest BCUT2D eigenvalue weighted by molar-refractivity contribution is -0.166. The highest BCUT2D eigenvalue weighted by Crippen LogP contribution is 2.14. The van der Waals surface area contributed by atoms with Gasteiger partial charge in [0, 0.05) is 12.0 Å². The minimum absolute atomic E-state index is 0.151. The predicted molar refractivity (Wildman–Crippen MR) is 112 cm³/mol. The maximum absolute atomic E-state index is 12.6. The molecule has 0 fully saturated rings. The average molecular weight is 416 g/mol. The molecule has 0 saturated heterocycles. The molecule has 3 N–H and O–H groups in total. The van der Waals surface area contributed by atoms with Crippen LogP contribution < -0.4 is 16.3 Å². The van der Waals surface area contributed by atoms with E-state index in [-0.39, 0.29) is 23.7 Å². The van der Waals surface area contributed by atoms with E-state index in [1.807, 2.05) is 41.5 Å². The Morgan fingerprint density at radius 1 is 0.724 bits per heavy atom. The maximum atomic E-state index is 12.6. The standard InChI is InChI=1S/C21H41N3O5/c1-13(2)10-16(18(25)22-12-15(5)6)28-23-19(26)17(11-14(3)4)29-24-20(27)21(7,8)9/h13-17H,10-12H2,1-9H3,(H,22,25)(H,23,26)(H,24,27)/t16-,17-/m1/s1. The van der Waals surface area contributed by atoms with E-state index in [2.05, 4.69) is 16.3 Å². The van der Waals surface area contributed by atoms with Crippen LogP contribution in [0, 0.1) is 23.2 Å². The second kappa shape index (κ2) is 12.8. The molecule has 0 spiro atoms. The average Bonchev–Trinajstić information content (AvgIpc) is 2.57. The number of carbonyl (C=O) groups excluding carboxylic acids is 3. The zero-order chi connectivity index (χ0) is 22.8. The number of amides is 3. The molecule has 0 aromatic rings. The Balaban J connectivity index is 4.95. The van der Waals surface area contributed by atoms with Crippen LogP contribution in [0.1, 0.15) is 75.2 Å². The molecule has 2 atom stereocenters. The van der Waals surface area contributed by atoms with Gasteiger partial charge in [-0.1, -0.05) is 62.3 Å². The van der Waals surface area contributed by atoms with Crippen LogP contribution in [0.2, 0.25) is 0 Å². The second-order valence-electron chi connectivity index (χ2n) is 9.76. The Kier molecular flexibility index (Phi) is 12.1. The van der Waals surface area contributed by atoms with E-state index in [1.54, 1.807) is 20.8 Å². The Morgan fingerprint density at radius 3 is 1.59 bits per heavy atom. The number of hydrogen-bond donors (Lipinski definition) is 3. The van der Waals surface area contributed by atoms with Crippen molar-refractivity contribution in [3.63, 3.8) is 0 Å². The maximum Gasteiger partial charge on any atom is 0.275 e. The predicted octanol–water partition coefficient (Wildman–Crippen LogP) is 2.73. The van der Waals surface area contributed by atoms with Crippen molar-refractivity contribution in [2.45, 2.75) is 87.4 Å². The fourth-order valence-corrected chi connectivity index (χ4v) is 2.16. The molecule has 8 nitrogen and oxygen atoms in total. The molecular weight excluding hydrogens is 374 g/mol. The van der Waals surface area contributed by atoms with Gasteiger partial charge in [-0.25, -0.2) is 11.0 Å². The summed E-state index contributed by atoms with van der Waals surface area (Å²) in [5.74, 6) is -0.476. The topological polar surface area (TPSA) is 106 Å². The van der Waals surface area contributed by atoms with Crippen molar-refractivity contribution in [2.24, 2.45) is 23.2 Å². The summed E-state index contributed by atoms with van der Waals surface area (Å²) < 4.78 is 0. The van der Waals surface area contributed by atoms with E-state index < -0.39 is 23.5 Å². The molecule has 0 bridgehead atoms. The first-order chi connectivity index (χ1) is 13.2. The normalized spacial score (nSPS) is 14.1. The molecule has 29 heavy (non-hydrogen) atoms. The molecule has 0 rings (SSSR count). The molecule has 0 aromatic heterocycles. The van der Waals surface area contributed by atoms with E-state index in [9.17, 15) is 14.4 Å². The third kappa shape index (κ3) is 12.5. The van der Waals surface area contributed by atoms with Crippen molar-refractivity contribution in [2.75, 3.05) is 6.54 Å². The molecule has 8 heteroatoms. The van der Waals surface area contributed by atoms with Gasteiger partial charge in [-0.2, -0.15) is 0 Å². The van der Waals surface area contributed by atoms with Crippen molar-refractivity contribution < 1.29 is 24.1 Å². The molecule has 0 unspecified atom stereocenters. The Bertz CT molecular complexity index is 527. The van der Waals surface area contributed by atoms with Gasteiger partial charge in [-0.3, -0.25) is 24.1 Å². The van der Waals surface area contributed by atoms with Crippen LogP contribution in [-0.2, 0) is 24.1 Å². The zero-order valence-corrected chi connectivity index (χ0v) is 19.5. The van der Waals surface area contributed by atoms with Crippen molar-refractivity contribution in [3.05, 3.63) is 0 Å². The van der Waals surface area contributed by atoms with E-state index in [0.717, 1.165) is 0 Å². The lowest BCUT2D eigenvalue weighted by Crippen LogP contribution is -2.47. The van der Waals surface area contributed by atoms with E-state index in [4.69, 9.17) is 9.68 Å². The monoisotopic (exact) mass is 415 g/mol. The van der Waals surface area contributed by atoms with Crippen LogP contribution in [0.3, 0.4) is 0 Å². The summed E-state index contributed by atoms with van der Waals surface area (Å²) in [4.78, 5) is 47.8. The minimum Gasteiger partial charge on any atom is -0.354 e. The van der Waals surface area contributed by atoms with Crippen LogP contribution in [0.5, 0.6) is 0 Å². The Hall–Kier alpha value is -1.67. The molecule has 3 amide bonds. The van der Waals surface area contributed by atoms with Gasteiger partial charge < -0.3 is 5.32 Å². The van der Waals surface area contributed by atoms with Gasteiger partial charge in [0.05, 0.1) is 0 Å². The van der Waals surface area contributed by atoms with E-state index in [1.165, 1.54) is 0 Å². The van der Waals surface area contributed by atoms with Gasteiger partial charge in [-0.15, -0.1) is 0 Å².